The highest BCUT2D eigenvalue weighted by Crippen LogP contribution is 2.60. The van der Waals surface area contributed by atoms with Gasteiger partial charge in [0.05, 0.1) is 19.4 Å². The number of amides is 2. The number of nitrogens with one attached hydrogen (secondary N) is 2. The van der Waals surface area contributed by atoms with E-state index in [2.05, 4.69) is 22.5 Å². The van der Waals surface area contributed by atoms with E-state index in [-0.39, 0.29) is 50.2 Å². The zero-order valence-electron chi connectivity index (χ0n) is 33.4. The Labute approximate surface area is 340 Å². The predicted octanol–water partition coefficient (Wildman–Crippen LogP) is 5.99. The second kappa shape index (κ2) is 19.2. The minimum atomic E-state index is -0.941. The molecular formula is C40H59Cl2N3O11. The normalized spacial score (nSPS) is 29.9. The first-order valence-electron chi connectivity index (χ1n) is 19.9. The Kier molecular flexibility index (Phi) is 15.2. The molecule has 2 N–H and O–H groups in total. The zero-order chi connectivity index (χ0) is 40.7. The van der Waals surface area contributed by atoms with Crippen molar-refractivity contribution in [2.75, 3.05) is 42.9 Å². The number of anilines is 1. The fourth-order valence-corrected chi connectivity index (χ4v) is 8.78. The van der Waals surface area contributed by atoms with Crippen LogP contribution >= 0.6 is 23.2 Å². The van der Waals surface area contributed by atoms with Gasteiger partial charge in [-0.25, -0.2) is 14.6 Å². The van der Waals surface area contributed by atoms with Gasteiger partial charge in [-0.2, -0.15) is 0 Å². The summed E-state index contributed by atoms with van der Waals surface area (Å²) in [7, 11) is 0. The molecule has 314 valence electrons. The van der Waals surface area contributed by atoms with Crippen LogP contribution < -0.4 is 15.5 Å². The number of carbonyl (C=O) groups is 4. The molecule has 1 aliphatic carbocycles. The van der Waals surface area contributed by atoms with Crippen LogP contribution in [0.5, 0.6) is 0 Å². The molecule has 0 radical (unpaired) electrons. The van der Waals surface area contributed by atoms with E-state index in [0.717, 1.165) is 30.5 Å². The van der Waals surface area contributed by atoms with Crippen molar-refractivity contribution in [3.8, 4) is 0 Å². The summed E-state index contributed by atoms with van der Waals surface area (Å²) in [6.45, 7) is 12.8. The van der Waals surface area contributed by atoms with E-state index in [1.165, 1.54) is 0 Å². The van der Waals surface area contributed by atoms with Crippen molar-refractivity contribution in [1.82, 2.24) is 10.6 Å². The van der Waals surface area contributed by atoms with Gasteiger partial charge < -0.3 is 39.2 Å². The van der Waals surface area contributed by atoms with E-state index < -0.39 is 59.6 Å². The van der Waals surface area contributed by atoms with Crippen molar-refractivity contribution in [2.24, 2.45) is 23.7 Å². The van der Waals surface area contributed by atoms with Crippen LogP contribution in [0.1, 0.15) is 92.1 Å². The molecule has 2 bridgehead atoms. The van der Waals surface area contributed by atoms with E-state index >= 15 is 0 Å². The summed E-state index contributed by atoms with van der Waals surface area (Å²) in [5, 5.41) is 5.49. The third-order valence-electron chi connectivity index (χ3n) is 11.2. The zero-order valence-corrected chi connectivity index (χ0v) is 35.0. The molecule has 1 aromatic carbocycles. The first-order valence-corrected chi connectivity index (χ1v) is 20.9. The second-order valence-electron chi connectivity index (χ2n) is 16.6. The molecule has 5 fully saturated rings. The fourth-order valence-electron chi connectivity index (χ4n) is 8.38. The number of halogens is 2. The molecule has 56 heavy (non-hydrogen) atoms. The van der Waals surface area contributed by atoms with Crippen molar-refractivity contribution in [3.63, 3.8) is 0 Å². The quantitative estimate of drug-likeness (QED) is 0.0623. The van der Waals surface area contributed by atoms with E-state index in [1.54, 1.807) is 20.8 Å². The van der Waals surface area contributed by atoms with E-state index in [4.69, 9.17) is 56.7 Å². The minimum absolute atomic E-state index is 0.00231. The molecular weight excluding hydrogens is 769 g/mol. The number of hydrogen-bond donors (Lipinski definition) is 2. The Hall–Kier alpha value is -2.88. The monoisotopic (exact) mass is 827 g/mol. The van der Waals surface area contributed by atoms with Gasteiger partial charge in [0.15, 0.2) is 11.9 Å². The summed E-state index contributed by atoms with van der Waals surface area (Å²) in [6, 6.07) is 6.70. The Bertz CT molecular complexity index is 1510. The van der Waals surface area contributed by atoms with Gasteiger partial charge in [0.2, 0.25) is 18.0 Å². The highest BCUT2D eigenvalue weighted by Gasteiger charge is 2.69. The first-order chi connectivity index (χ1) is 26.6. The number of alkyl halides is 2. The van der Waals surface area contributed by atoms with Gasteiger partial charge >= 0.3 is 18.0 Å². The number of nitrogens with zero attached hydrogens (tertiary/aromatic N) is 1. The molecule has 4 heterocycles. The summed E-state index contributed by atoms with van der Waals surface area (Å²) in [4.78, 5) is 65.4. The summed E-state index contributed by atoms with van der Waals surface area (Å²) >= 11 is 11.9. The predicted molar refractivity (Wildman–Crippen MR) is 208 cm³/mol. The maximum Gasteiger partial charge on any atom is 0.408 e. The standard InChI is InChI=1S/C40H59Cl2N3O11/c1-25-8-13-30-26(2)35(52-36-40(30)29(25)16-17-39(6,53-36)55-56-40)51-33(47)15-14-32(46)50-23-7-20-43-34(48)31(44-37(49)54-38(3,4)5)24-27-9-11-28(12-10-27)45(21-18-41)22-19-42/h9-12,25-26,29-31,35-36H,7-8,13-24H2,1-6H3,(H,43,48)(H,44,49)/t25-,26-,29+,30+,31+,35-,36-,39-,40-/m1/s1. The second-order valence-corrected chi connectivity index (χ2v) is 17.3. The summed E-state index contributed by atoms with van der Waals surface area (Å²) in [6.07, 6.45) is 1.31. The van der Waals surface area contributed by atoms with Crippen molar-refractivity contribution in [1.29, 1.82) is 0 Å². The van der Waals surface area contributed by atoms with Crippen molar-refractivity contribution < 1.29 is 52.6 Å². The van der Waals surface area contributed by atoms with Crippen LogP contribution in [0.25, 0.3) is 0 Å². The molecule has 16 heteroatoms. The molecule has 0 unspecified atom stereocenters. The van der Waals surface area contributed by atoms with Crippen LogP contribution in [0, 0.1) is 23.7 Å². The number of benzene rings is 1. The number of ether oxygens (including phenoxy) is 5. The number of hydrogen-bond acceptors (Lipinski definition) is 12. The SMILES string of the molecule is C[C@H]1[C@H](OC(=O)CCC(=O)OCCCNC(=O)[C@H](Cc2ccc(N(CCCl)CCCl)cc2)NC(=O)OC(C)(C)C)O[C@@H]2O[C@@]3(C)CC[C@H]4[C@H](C)CC[C@@H]1[C@@]24OO3. The number of fused-ring (bicyclic) bond motifs is 2. The van der Waals surface area contributed by atoms with Gasteiger partial charge in [-0.05, 0) is 82.9 Å². The summed E-state index contributed by atoms with van der Waals surface area (Å²) < 4.78 is 29.1. The maximum absolute atomic E-state index is 13.3. The lowest BCUT2D eigenvalue weighted by Crippen LogP contribution is -2.70. The van der Waals surface area contributed by atoms with Crippen LogP contribution in [-0.2, 0) is 54.3 Å². The highest BCUT2D eigenvalue weighted by atomic mass is 35.5. The highest BCUT2D eigenvalue weighted by molar-refractivity contribution is 6.18. The van der Waals surface area contributed by atoms with Crippen LogP contribution in [0.2, 0.25) is 0 Å². The van der Waals surface area contributed by atoms with E-state index in [1.807, 2.05) is 38.1 Å². The molecule has 2 amide bonds. The number of esters is 2. The molecule has 1 saturated carbocycles. The van der Waals surface area contributed by atoms with E-state index in [0.29, 0.717) is 43.6 Å². The lowest BCUT2D eigenvalue weighted by atomic mass is 9.58. The van der Waals surface area contributed by atoms with Crippen molar-refractivity contribution in [3.05, 3.63) is 29.8 Å². The van der Waals surface area contributed by atoms with Crippen LogP contribution in [0.3, 0.4) is 0 Å². The average molecular weight is 829 g/mol. The summed E-state index contributed by atoms with van der Waals surface area (Å²) in [5.41, 5.74) is 0.251. The summed E-state index contributed by atoms with van der Waals surface area (Å²) in [5.74, 6) is -1.18. The molecule has 1 aromatic rings. The Morgan fingerprint density at radius 3 is 2.34 bits per heavy atom. The van der Waals surface area contributed by atoms with Gasteiger partial charge in [0, 0.05) is 61.8 Å². The lowest BCUT2D eigenvalue weighted by molar-refractivity contribution is -0.576. The molecule has 9 atom stereocenters. The van der Waals surface area contributed by atoms with Gasteiger partial charge in [0.25, 0.3) is 0 Å². The molecule has 5 aliphatic rings. The lowest BCUT2D eigenvalue weighted by Gasteiger charge is -2.59. The number of alkyl carbamates (subject to hydrolysis) is 1. The maximum atomic E-state index is 13.3. The molecule has 14 nitrogen and oxygen atoms in total. The third-order valence-corrected chi connectivity index (χ3v) is 11.6. The molecule has 4 aliphatic heterocycles. The Morgan fingerprint density at radius 2 is 1.66 bits per heavy atom. The van der Waals surface area contributed by atoms with Gasteiger partial charge in [0.1, 0.15) is 11.6 Å². The molecule has 0 aromatic heterocycles. The molecule has 6 rings (SSSR count). The molecule has 4 saturated heterocycles. The van der Waals surface area contributed by atoms with Gasteiger partial charge in [-0.1, -0.05) is 26.0 Å². The largest absolute Gasteiger partial charge is 0.466 e. The van der Waals surface area contributed by atoms with Crippen LogP contribution in [0.4, 0.5) is 10.5 Å². The van der Waals surface area contributed by atoms with Gasteiger partial charge in [-0.15, -0.1) is 23.2 Å². The minimum Gasteiger partial charge on any atom is -0.466 e. The van der Waals surface area contributed by atoms with Gasteiger partial charge in [-0.3, -0.25) is 14.4 Å². The smallest absolute Gasteiger partial charge is 0.408 e. The third kappa shape index (κ3) is 11.0. The van der Waals surface area contributed by atoms with Crippen molar-refractivity contribution >= 4 is 52.8 Å². The van der Waals surface area contributed by atoms with E-state index in [9.17, 15) is 19.2 Å². The van der Waals surface area contributed by atoms with Crippen molar-refractivity contribution in [2.45, 2.75) is 129 Å². The Balaban J connectivity index is 1.05. The first kappa shape index (κ1) is 44.2. The average Bonchev–Trinajstić information content (AvgIpc) is 3.37. The Morgan fingerprint density at radius 1 is 0.964 bits per heavy atom. The topological polar surface area (TPSA) is 160 Å². The van der Waals surface area contributed by atoms with Crippen LogP contribution in [0.15, 0.2) is 24.3 Å². The molecule has 1 spiro atoms. The number of carbonyl (C=O) groups excluding carboxylic acids is 4. The fraction of sp³-hybridized carbons (Fsp3) is 0.750. The van der Waals surface area contributed by atoms with Crippen LogP contribution in [-0.4, -0.2) is 97.6 Å². The number of rotatable bonds is 17.